The van der Waals surface area contributed by atoms with Crippen LogP contribution in [0.5, 0.6) is 0 Å². The van der Waals surface area contributed by atoms with Crippen molar-refractivity contribution in [1.82, 2.24) is 5.32 Å². The van der Waals surface area contributed by atoms with Crippen molar-refractivity contribution in [3.8, 4) is 0 Å². The summed E-state index contributed by atoms with van der Waals surface area (Å²) in [5, 5.41) is 3.47. The lowest BCUT2D eigenvalue weighted by Crippen LogP contribution is -2.33. The Bertz CT molecular complexity index is 264. The van der Waals surface area contributed by atoms with E-state index >= 15 is 0 Å². The van der Waals surface area contributed by atoms with E-state index in [2.05, 4.69) is 38.2 Å². The normalized spacial score (nSPS) is 13.1. The van der Waals surface area contributed by atoms with Crippen LogP contribution in [-0.4, -0.2) is 12.1 Å². The van der Waals surface area contributed by atoms with Gasteiger partial charge in [-0.05, 0) is 31.0 Å². The van der Waals surface area contributed by atoms with Gasteiger partial charge >= 0.3 is 0 Å². The number of rotatable bonds is 4. The zero-order valence-corrected chi connectivity index (χ0v) is 9.25. The number of hydrogen-bond donors (Lipinski definition) is 2. The molecule has 3 N–H and O–H groups in total. The SMILES string of the molecule is CC(C)NC(C)Cc1ccc(N)cc1. The first-order valence-electron chi connectivity index (χ1n) is 5.18. The lowest BCUT2D eigenvalue weighted by atomic mass is 10.1. The molecule has 0 aromatic heterocycles. The Balaban J connectivity index is 2.47. The average molecular weight is 192 g/mol. The van der Waals surface area contributed by atoms with Gasteiger partial charge in [0.2, 0.25) is 0 Å². The maximum absolute atomic E-state index is 5.62. The Kier molecular flexibility index (Phi) is 3.96. The fourth-order valence-corrected chi connectivity index (χ4v) is 1.64. The molecule has 0 saturated carbocycles. The van der Waals surface area contributed by atoms with E-state index in [-0.39, 0.29) is 0 Å². The van der Waals surface area contributed by atoms with Gasteiger partial charge in [0.15, 0.2) is 0 Å². The molecule has 0 aliphatic carbocycles. The average Bonchev–Trinajstić information content (AvgIpc) is 2.07. The van der Waals surface area contributed by atoms with Gasteiger partial charge in [-0.25, -0.2) is 0 Å². The van der Waals surface area contributed by atoms with Crippen LogP contribution in [0.25, 0.3) is 0 Å². The molecular weight excluding hydrogens is 172 g/mol. The van der Waals surface area contributed by atoms with Gasteiger partial charge < -0.3 is 11.1 Å². The van der Waals surface area contributed by atoms with E-state index in [9.17, 15) is 0 Å². The largest absolute Gasteiger partial charge is 0.399 e. The zero-order valence-electron chi connectivity index (χ0n) is 9.25. The minimum atomic E-state index is 0.513. The topological polar surface area (TPSA) is 38.0 Å². The number of nitrogens with two attached hydrogens (primary N) is 1. The molecule has 0 spiro atoms. The Morgan fingerprint density at radius 2 is 1.71 bits per heavy atom. The quantitative estimate of drug-likeness (QED) is 0.718. The molecule has 0 amide bonds. The number of benzene rings is 1. The maximum atomic E-state index is 5.62. The molecule has 0 fully saturated rings. The van der Waals surface area contributed by atoms with Crippen molar-refractivity contribution < 1.29 is 0 Å². The van der Waals surface area contributed by atoms with Gasteiger partial charge in [0.1, 0.15) is 0 Å². The fourth-order valence-electron chi connectivity index (χ4n) is 1.64. The summed E-state index contributed by atoms with van der Waals surface area (Å²) >= 11 is 0. The third-order valence-corrected chi connectivity index (χ3v) is 2.14. The lowest BCUT2D eigenvalue weighted by molar-refractivity contribution is 0.488. The molecular formula is C12H20N2. The van der Waals surface area contributed by atoms with Crippen LogP contribution in [0.3, 0.4) is 0 Å². The standard InChI is InChI=1S/C12H20N2/c1-9(2)14-10(3)8-11-4-6-12(13)7-5-11/h4-7,9-10,14H,8,13H2,1-3H3. The Morgan fingerprint density at radius 1 is 1.14 bits per heavy atom. The summed E-state index contributed by atoms with van der Waals surface area (Å²) in [7, 11) is 0. The van der Waals surface area contributed by atoms with Crippen LogP contribution in [0.4, 0.5) is 5.69 Å². The van der Waals surface area contributed by atoms with Crippen LogP contribution in [-0.2, 0) is 6.42 Å². The first-order chi connectivity index (χ1) is 6.58. The Hall–Kier alpha value is -1.02. The summed E-state index contributed by atoms with van der Waals surface area (Å²) in [6.07, 6.45) is 1.05. The second-order valence-corrected chi connectivity index (χ2v) is 4.17. The molecule has 1 unspecified atom stereocenters. The Labute approximate surface area is 86.5 Å². The molecule has 0 heterocycles. The van der Waals surface area contributed by atoms with Gasteiger partial charge in [0.25, 0.3) is 0 Å². The molecule has 0 aliphatic rings. The molecule has 2 nitrogen and oxygen atoms in total. The molecule has 78 valence electrons. The highest BCUT2D eigenvalue weighted by atomic mass is 14.9. The van der Waals surface area contributed by atoms with Crippen LogP contribution in [0, 0.1) is 0 Å². The number of hydrogen-bond acceptors (Lipinski definition) is 2. The number of nitrogens with one attached hydrogen (secondary N) is 1. The summed E-state index contributed by atoms with van der Waals surface area (Å²) in [4.78, 5) is 0. The van der Waals surface area contributed by atoms with Crippen molar-refractivity contribution in [1.29, 1.82) is 0 Å². The third-order valence-electron chi connectivity index (χ3n) is 2.14. The summed E-state index contributed by atoms with van der Waals surface area (Å²) in [6, 6.07) is 9.15. The maximum Gasteiger partial charge on any atom is 0.0314 e. The zero-order chi connectivity index (χ0) is 10.6. The predicted octanol–water partition coefficient (Wildman–Crippen LogP) is 2.20. The minimum absolute atomic E-state index is 0.513. The van der Waals surface area contributed by atoms with E-state index in [0.29, 0.717) is 12.1 Å². The van der Waals surface area contributed by atoms with E-state index < -0.39 is 0 Å². The van der Waals surface area contributed by atoms with Gasteiger partial charge in [0.05, 0.1) is 0 Å². The van der Waals surface area contributed by atoms with Crippen LogP contribution >= 0.6 is 0 Å². The summed E-state index contributed by atoms with van der Waals surface area (Å²) < 4.78 is 0. The monoisotopic (exact) mass is 192 g/mol. The van der Waals surface area contributed by atoms with E-state index in [1.165, 1.54) is 5.56 Å². The van der Waals surface area contributed by atoms with Crippen LogP contribution in [0.1, 0.15) is 26.3 Å². The van der Waals surface area contributed by atoms with E-state index in [4.69, 9.17) is 5.73 Å². The smallest absolute Gasteiger partial charge is 0.0314 e. The van der Waals surface area contributed by atoms with Crippen LogP contribution < -0.4 is 11.1 Å². The van der Waals surface area contributed by atoms with Crippen molar-refractivity contribution in [3.05, 3.63) is 29.8 Å². The van der Waals surface area contributed by atoms with Crippen molar-refractivity contribution in [3.63, 3.8) is 0 Å². The molecule has 2 heteroatoms. The second kappa shape index (κ2) is 5.01. The van der Waals surface area contributed by atoms with Crippen molar-refractivity contribution in [2.24, 2.45) is 0 Å². The minimum Gasteiger partial charge on any atom is -0.399 e. The van der Waals surface area contributed by atoms with Gasteiger partial charge in [-0.1, -0.05) is 26.0 Å². The molecule has 1 aromatic carbocycles. The third kappa shape index (κ3) is 3.79. The molecule has 1 aromatic rings. The lowest BCUT2D eigenvalue weighted by Gasteiger charge is -2.16. The second-order valence-electron chi connectivity index (χ2n) is 4.17. The molecule has 0 radical (unpaired) electrons. The molecule has 0 saturated heterocycles. The highest BCUT2D eigenvalue weighted by Gasteiger charge is 2.04. The first-order valence-corrected chi connectivity index (χ1v) is 5.18. The molecule has 14 heavy (non-hydrogen) atoms. The molecule has 0 bridgehead atoms. The van der Waals surface area contributed by atoms with Gasteiger partial charge in [-0.3, -0.25) is 0 Å². The van der Waals surface area contributed by atoms with Crippen molar-refractivity contribution in [2.75, 3.05) is 5.73 Å². The van der Waals surface area contributed by atoms with Crippen molar-refractivity contribution >= 4 is 5.69 Å². The Morgan fingerprint density at radius 3 is 2.21 bits per heavy atom. The van der Waals surface area contributed by atoms with Gasteiger partial charge in [0, 0.05) is 17.8 Å². The fraction of sp³-hybridized carbons (Fsp3) is 0.500. The first kappa shape index (κ1) is 11.1. The summed E-state index contributed by atoms with van der Waals surface area (Å²) in [6.45, 7) is 6.54. The van der Waals surface area contributed by atoms with Crippen LogP contribution in [0.2, 0.25) is 0 Å². The highest BCUT2D eigenvalue weighted by Crippen LogP contribution is 2.07. The van der Waals surface area contributed by atoms with Crippen LogP contribution in [0.15, 0.2) is 24.3 Å². The van der Waals surface area contributed by atoms with E-state index in [1.807, 2.05) is 12.1 Å². The van der Waals surface area contributed by atoms with E-state index in [1.54, 1.807) is 0 Å². The highest BCUT2D eigenvalue weighted by molar-refractivity contribution is 5.39. The van der Waals surface area contributed by atoms with Crippen molar-refractivity contribution in [2.45, 2.75) is 39.3 Å². The van der Waals surface area contributed by atoms with E-state index in [0.717, 1.165) is 12.1 Å². The van der Waals surface area contributed by atoms with Gasteiger partial charge in [-0.2, -0.15) is 0 Å². The summed E-state index contributed by atoms with van der Waals surface area (Å²) in [5.41, 5.74) is 7.79. The number of nitrogen functional groups attached to an aromatic ring is 1. The molecule has 0 aliphatic heterocycles. The van der Waals surface area contributed by atoms with Gasteiger partial charge in [-0.15, -0.1) is 0 Å². The predicted molar refractivity (Wildman–Crippen MR) is 62.3 cm³/mol. The number of anilines is 1. The molecule has 1 rings (SSSR count). The summed E-state index contributed by atoms with van der Waals surface area (Å²) in [5.74, 6) is 0. The molecule has 1 atom stereocenters.